The quantitative estimate of drug-likeness (QED) is 0.657. The minimum atomic E-state index is -0.293. The van der Waals surface area contributed by atoms with Crippen LogP contribution in [0.1, 0.15) is 28.3 Å². The van der Waals surface area contributed by atoms with E-state index >= 15 is 0 Å². The molecule has 5 heteroatoms. The fraction of sp³-hybridized carbons (Fsp3) is 0.208. The fourth-order valence-electron chi connectivity index (χ4n) is 3.90. The number of anilines is 1. The highest BCUT2D eigenvalue weighted by Gasteiger charge is 2.32. The molecule has 1 N–H and O–H groups in total. The van der Waals surface area contributed by atoms with Gasteiger partial charge >= 0.3 is 6.03 Å². The summed E-state index contributed by atoms with van der Waals surface area (Å²) in [5.74, 6) is 0.318. The number of fused-ring (bicyclic) bond motifs is 1. The lowest BCUT2D eigenvalue weighted by Crippen LogP contribution is -2.43. The number of aryl methyl sites for hydroxylation is 1. The molecule has 29 heavy (non-hydrogen) atoms. The SMILES string of the molecule is COc1ccc(C)cc1NC(=O)N1CCc2ccccc2C1c1ccc(F)cc1. The van der Waals surface area contributed by atoms with Gasteiger partial charge in [-0.15, -0.1) is 0 Å². The highest BCUT2D eigenvalue weighted by atomic mass is 19.1. The number of benzene rings is 3. The van der Waals surface area contributed by atoms with E-state index in [2.05, 4.69) is 11.4 Å². The Balaban J connectivity index is 1.71. The minimum absolute atomic E-state index is 0.210. The molecule has 3 aromatic rings. The van der Waals surface area contributed by atoms with Crippen LogP contribution in [0, 0.1) is 12.7 Å². The molecule has 3 aromatic carbocycles. The van der Waals surface area contributed by atoms with Gasteiger partial charge in [-0.1, -0.05) is 42.5 Å². The number of hydrogen-bond acceptors (Lipinski definition) is 2. The van der Waals surface area contributed by atoms with Crippen molar-refractivity contribution in [3.8, 4) is 5.75 Å². The lowest BCUT2D eigenvalue weighted by Gasteiger charge is -2.37. The summed E-state index contributed by atoms with van der Waals surface area (Å²) in [5, 5.41) is 3.00. The van der Waals surface area contributed by atoms with Crippen molar-refractivity contribution < 1.29 is 13.9 Å². The van der Waals surface area contributed by atoms with E-state index in [1.54, 1.807) is 24.1 Å². The van der Waals surface area contributed by atoms with E-state index in [0.29, 0.717) is 18.0 Å². The number of halogens is 1. The zero-order valence-corrected chi connectivity index (χ0v) is 16.5. The molecule has 0 aliphatic carbocycles. The molecule has 1 heterocycles. The Kier molecular flexibility index (Phi) is 5.21. The van der Waals surface area contributed by atoms with Crippen LogP contribution in [0.4, 0.5) is 14.9 Å². The molecule has 1 atom stereocenters. The summed E-state index contributed by atoms with van der Waals surface area (Å²) in [5.41, 5.74) is 4.81. The first kappa shape index (κ1) is 19.0. The number of nitrogens with one attached hydrogen (secondary N) is 1. The third-order valence-electron chi connectivity index (χ3n) is 5.33. The Hall–Kier alpha value is -3.34. The standard InChI is InChI=1S/C24H23FN2O2/c1-16-7-12-22(29-2)21(15-16)26-24(28)27-14-13-17-5-3-4-6-20(17)23(27)18-8-10-19(25)11-9-18/h3-12,15,23H,13-14H2,1-2H3,(H,26,28). The third-order valence-corrected chi connectivity index (χ3v) is 5.33. The normalized spacial score (nSPS) is 15.6. The van der Waals surface area contributed by atoms with Crippen LogP contribution in [0.25, 0.3) is 0 Å². The largest absolute Gasteiger partial charge is 0.495 e. The van der Waals surface area contributed by atoms with Crippen molar-refractivity contribution in [2.75, 3.05) is 19.0 Å². The number of carbonyl (C=O) groups is 1. The summed E-state index contributed by atoms with van der Waals surface area (Å²) < 4.78 is 18.9. The van der Waals surface area contributed by atoms with Gasteiger partial charge in [0.15, 0.2) is 0 Å². The van der Waals surface area contributed by atoms with Gasteiger partial charge in [0.1, 0.15) is 11.6 Å². The molecule has 0 saturated heterocycles. The molecular weight excluding hydrogens is 367 g/mol. The fourth-order valence-corrected chi connectivity index (χ4v) is 3.90. The van der Waals surface area contributed by atoms with Crippen molar-refractivity contribution in [3.63, 3.8) is 0 Å². The van der Waals surface area contributed by atoms with Gasteiger partial charge in [-0.05, 0) is 59.9 Å². The van der Waals surface area contributed by atoms with Gasteiger partial charge in [-0.2, -0.15) is 0 Å². The summed E-state index contributed by atoms with van der Waals surface area (Å²) >= 11 is 0. The Morgan fingerprint density at radius 2 is 1.86 bits per heavy atom. The molecular formula is C24H23FN2O2. The number of methoxy groups -OCH3 is 1. The predicted molar refractivity (Wildman–Crippen MR) is 112 cm³/mol. The van der Waals surface area contributed by atoms with Crippen molar-refractivity contribution in [1.82, 2.24) is 4.90 Å². The van der Waals surface area contributed by atoms with Crippen molar-refractivity contribution >= 4 is 11.7 Å². The molecule has 1 aliphatic heterocycles. The highest BCUT2D eigenvalue weighted by Crippen LogP contribution is 2.36. The van der Waals surface area contributed by atoms with Crippen molar-refractivity contribution in [3.05, 3.63) is 94.8 Å². The monoisotopic (exact) mass is 390 g/mol. The van der Waals surface area contributed by atoms with Crippen LogP contribution >= 0.6 is 0 Å². The molecule has 0 fully saturated rings. The van der Waals surface area contributed by atoms with E-state index < -0.39 is 0 Å². The van der Waals surface area contributed by atoms with Gasteiger partial charge in [-0.3, -0.25) is 0 Å². The van der Waals surface area contributed by atoms with E-state index in [4.69, 9.17) is 4.74 Å². The first-order valence-corrected chi connectivity index (χ1v) is 9.62. The topological polar surface area (TPSA) is 41.6 Å². The van der Waals surface area contributed by atoms with Gasteiger partial charge in [0.25, 0.3) is 0 Å². The molecule has 148 valence electrons. The maximum absolute atomic E-state index is 13.5. The van der Waals surface area contributed by atoms with Crippen LogP contribution in [0.3, 0.4) is 0 Å². The lowest BCUT2D eigenvalue weighted by atomic mass is 9.88. The minimum Gasteiger partial charge on any atom is -0.495 e. The van der Waals surface area contributed by atoms with Crippen molar-refractivity contribution in [2.45, 2.75) is 19.4 Å². The molecule has 0 saturated carbocycles. The smallest absolute Gasteiger partial charge is 0.322 e. The first-order chi connectivity index (χ1) is 14.1. The Morgan fingerprint density at radius 1 is 1.10 bits per heavy atom. The highest BCUT2D eigenvalue weighted by molar-refractivity contribution is 5.92. The Bertz CT molecular complexity index is 1030. The molecule has 0 spiro atoms. The molecule has 0 aromatic heterocycles. The number of carbonyl (C=O) groups excluding carboxylic acids is 1. The second kappa shape index (κ2) is 7.95. The van der Waals surface area contributed by atoms with Gasteiger partial charge in [-0.25, -0.2) is 9.18 Å². The van der Waals surface area contributed by atoms with Gasteiger partial charge in [0.2, 0.25) is 0 Å². The van der Waals surface area contributed by atoms with Gasteiger partial charge < -0.3 is 15.0 Å². The summed E-state index contributed by atoms with van der Waals surface area (Å²) in [7, 11) is 1.58. The van der Waals surface area contributed by atoms with Crippen molar-refractivity contribution in [1.29, 1.82) is 0 Å². The number of amides is 2. The van der Waals surface area contributed by atoms with Crippen LogP contribution in [0.5, 0.6) is 5.75 Å². The Labute approximate surface area is 169 Å². The number of ether oxygens (including phenoxy) is 1. The number of urea groups is 1. The molecule has 0 radical (unpaired) electrons. The zero-order valence-electron chi connectivity index (χ0n) is 16.5. The third kappa shape index (κ3) is 3.81. The van der Waals surface area contributed by atoms with Gasteiger partial charge in [0, 0.05) is 6.54 Å². The van der Waals surface area contributed by atoms with Crippen molar-refractivity contribution in [2.24, 2.45) is 0 Å². The second-order valence-electron chi connectivity index (χ2n) is 7.23. The maximum atomic E-state index is 13.5. The molecule has 1 unspecified atom stereocenters. The van der Waals surface area contributed by atoms with E-state index in [0.717, 1.165) is 23.1 Å². The number of nitrogens with zero attached hydrogens (tertiary/aromatic N) is 1. The molecule has 4 rings (SSSR count). The van der Waals surface area contributed by atoms with E-state index in [1.807, 2.05) is 43.3 Å². The van der Waals surface area contributed by atoms with Gasteiger partial charge in [0.05, 0.1) is 18.8 Å². The summed E-state index contributed by atoms with van der Waals surface area (Å²) in [6.45, 7) is 2.53. The first-order valence-electron chi connectivity index (χ1n) is 9.62. The maximum Gasteiger partial charge on any atom is 0.322 e. The van der Waals surface area contributed by atoms with Crippen LogP contribution < -0.4 is 10.1 Å². The van der Waals surface area contributed by atoms with Crippen LogP contribution in [-0.2, 0) is 6.42 Å². The molecule has 0 bridgehead atoms. The van der Waals surface area contributed by atoms with Crippen LogP contribution in [0.15, 0.2) is 66.7 Å². The van der Waals surface area contributed by atoms with E-state index in [-0.39, 0.29) is 17.9 Å². The number of hydrogen-bond donors (Lipinski definition) is 1. The summed E-state index contributed by atoms with van der Waals surface area (Å²) in [4.78, 5) is 15.1. The van der Waals surface area contributed by atoms with Crippen LogP contribution in [-0.4, -0.2) is 24.6 Å². The van der Waals surface area contributed by atoms with E-state index in [9.17, 15) is 9.18 Å². The lowest BCUT2D eigenvalue weighted by molar-refractivity contribution is 0.194. The molecule has 4 nitrogen and oxygen atoms in total. The Morgan fingerprint density at radius 3 is 2.62 bits per heavy atom. The summed E-state index contributed by atoms with van der Waals surface area (Å²) in [6.07, 6.45) is 0.770. The number of rotatable bonds is 3. The second-order valence-corrected chi connectivity index (χ2v) is 7.23. The van der Waals surface area contributed by atoms with E-state index in [1.165, 1.54) is 17.7 Å². The van der Waals surface area contributed by atoms with Crippen LogP contribution in [0.2, 0.25) is 0 Å². The summed E-state index contributed by atoms with van der Waals surface area (Å²) in [6, 6.07) is 19.6. The molecule has 1 aliphatic rings. The molecule has 2 amide bonds. The average molecular weight is 390 g/mol. The zero-order chi connectivity index (χ0) is 20.4. The predicted octanol–water partition coefficient (Wildman–Crippen LogP) is 5.32. The average Bonchev–Trinajstić information content (AvgIpc) is 2.74.